The fraction of sp³-hybridized carbons (Fsp3) is 0.0667. The molecule has 3 rings (SSSR count). The summed E-state index contributed by atoms with van der Waals surface area (Å²) in [6.07, 6.45) is 3.58. The molecule has 92 valence electrons. The van der Waals surface area contributed by atoms with Crippen molar-refractivity contribution in [2.75, 3.05) is 0 Å². The Morgan fingerprint density at radius 2 is 2.05 bits per heavy atom. The third-order valence-corrected chi connectivity index (χ3v) is 3.43. The number of nitriles is 1. The van der Waals surface area contributed by atoms with Crippen molar-refractivity contribution in [2.24, 2.45) is 0 Å². The van der Waals surface area contributed by atoms with Gasteiger partial charge in [0, 0.05) is 23.4 Å². The number of nitrogens with zero attached hydrogens (tertiary/aromatic N) is 3. The highest BCUT2D eigenvalue weighted by molar-refractivity contribution is 9.10. The van der Waals surface area contributed by atoms with Crippen molar-refractivity contribution in [1.82, 2.24) is 9.55 Å². The minimum absolute atomic E-state index is 0.610. The average Bonchev–Trinajstić information content (AvgIpc) is 2.77. The van der Waals surface area contributed by atoms with Crippen molar-refractivity contribution in [2.45, 2.75) is 6.54 Å². The zero-order valence-electron chi connectivity index (χ0n) is 10.0. The molecule has 19 heavy (non-hydrogen) atoms. The van der Waals surface area contributed by atoms with Crippen LogP contribution in [0, 0.1) is 11.3 Å². The SMILES string of the molecule is N#Cc1cn(Cc2ccccc2)c2cc(Br)cnc12. The van der Waals surface area contributed by atoms with Gasteiger partial charge < -0.3 is 4.57 Å². The van der Waals surface area contributed by atoms with Crippen LogP contribution in [0.2, 0.25) is 0 Å². The monoisotopic (exact) mass is 311 g/mol. The maximum Gasteiger partial charge on any atom is 0.106 e. The highest BCUT2D eigenvalue weighted by Crippen LogP contribution is 2.23. The summed E-state index contributed by atoms with van der Waals surface area (Å²) >= 11 is 3.42. The quantitative estimate of drug-likeness (QED) is 0.724. The van der Waals surface area contributed by atoms with E-state index in [9.17, 15) is 0 Å². The molecule has 0 aliphatic rings. The van der Waals surface area contributed by atoms with Gasteiger partial charge >= 0.3 is 0 Å². The number of fused-ring (bicyclic) bond motifs is 1. The van der Waals surface area contributed by atoms with E-state index in [0.29, 0.717) is 5.56 Å². The lowest BCUT2D eigenvalue weighted by molar-refractivity contribution is 0.835. The number of pyridine rings is 1. The van der Waals surface area contributed by atoms with Crippen LogP contribution in [0.1, 0.15) is 11.1 Å². The van der Waals surface area contributed by atoms with E-state index in [-0.39, 0.29) is 0 Å². The predicted octanol–water partition coefficient (Wildman–Crippen LogP) is 3.72. The number of hydrogen-bond donors (Lipinski definition) is 0. The first kappa shape index (κ1) is 11.9. The average molecular weight is 312 g/mol. The number of halogens is 1. The summed E-state index contributed by atoms with van der Waals surface area (Å²) in [5.41, 5.74) is 3.53. The van der Waals surface area contributed by atoms with E-state index in [4.69, 9.17) is 5.26 Å². The van der Waals surface area contributed by atoms with Gasteiger partial charge in [-0.15, -0.1) is 0 Å². The minimum atomic E-state index is 0.610. The van der Waals surface area contributed by atoms with Gasteiger partial charge in [-0.1, -0.05) is 30.3 Å². The Kier molecular flexibility index (Phi) is 3.06. The molecule has 3 nitrogen and oxygen atoms in total. The minimum Gasteiger partial charge on any atom is -0.340 e. The van der Waals surface area contributed by atoms with E-state index in [1.165, 1.54) is 5.56 Å². The second-order valence-corrected chi connectivity index (χ2v) is 5.21. The van der Waals surface area contributed by atoms with Crippen LogP contribution in [-0.2, 0) is 6.54 Å². The maximum atomic E-state index is 9.17. The number of rotatable bonds is 2. The lowest BCUT2D eigenvalue weighted by atomic mass is 10.2. The molecule has 0 aliphatic carbocycles. The lowest BCUT2D eigenvalue weighted by Crippen LogP contribution is -1.97. The summed E-state index contributed by atoms with van der Waals surface area (Å²) < 4.78 is 2.97. The second-order valence-electron chi connectivity index (χ2n) is 4.29. The molecule has 0 radical (unpaired) electrons. The van der Waals surface area contributed by atoms with E-state index >= 15 is 0 Å². The Morgan fingerprint density at radius 3 is 2.79 bits per heavy atom. The molecular formula is C15H10BrN3. The summed E-state index contributed by atoms with van der Waals surface area (Å²) in [7, 11) is 0. The summed E-state index contributed by atoms with van der Waals surface area (Å²) in [5.74, 6) is 0. The molecule has 0 amide bonds. The molecule has 3 aromatic rings. The molecule has 0 bridgehead atoms. The third kappa shape index (κ3) is 2.25. The Hall–Kier alpha value is -2.12. The fourth-order valence-electron chi connectivity index (χ4n) is 2.13. The topological polar surface area (TPSA) is 41.6 Å². The van der Waals surface area contributed by atoms with Crippen molar-refractivity contribution in [3.8, 4) is 6.07 Å². The predicted molar refractivity (Wildman–Crippen MR) is 77.7 cm³/mol. The van der Waals surface area contributed by atoms with Crippen LogP contribution in [0.25, 0.3) is 11.0 Å². The van der Waals surface area contributed by atoms with Crippen LogP contribution in [-0.4, -0.2) is 9.55 Å². The summed E-state index contributed by atoms with van der Waals surface area (Å²) in [4.78, 5) is 4.32. The molecule has 0 saturated heterocycles. The van der Waals surface area contributed by atoms with Gasteiger partial charge in [0.2, 0.25) is 0 Å². The molecule has 1 aromatic carbocycles. The zero-order valence-corrected chi connectivity index (χ0v) is 11.6. The molecule has 0 fully saturated rings. The number of hydrogen-bond acceptors (Lipinski definition) is 2. The van der Waals surface area contributed by atoms with E-state index < -0.39 is 0 Å². The molecule has 0 spiro atoms. The van der Waals surface area contributed by atoms with Crippen molar-refractivity contribution in [3.05, 3.63) is 64.4 Å². The second kappa shape index (κ2) is 4.87. The van der Waals surface area contributed by atoms with Gasteiger partial charge in [-0.05, 0) is 27.6 Å². The standard InChI is InChI=1S/C15H10BrN3/c16-13-6-14-15(18-8-13)12(7-17)10-19(14)9-11-4-2-1-3-5-11/h1-6,8,10H,9H2. The molecule has 0 saturated carbocycles. The van der Waals surface area contributed by atoms with Gasteiger partial charge in [0.05, 0.1) is 11.1 Å². The Labute approximate surface area is 119 Å². The van der Waals surface area contributed by atoms with E-state index in [1.54, 1.807) is 6.20 Å². The summed E-state index contributed by atoms with van der Waals surface area (Å²) in [6, 6.07) is 14.4. The molecule has 4 heteroatoms. The fourth-order valence-corrected chi connectivity index (χ4v) is 2.45. The molecule has 0 unspecified atom stereocenters. The third-order valence-electron chi connectivity index (χ3n) is 3.00. The van der Waals surface area contributed by atoms with Crippen LogP contribution >= 0.6 is 15.9 Å². The first-order chi connectivity index (χ1) is 9.28. The van der Waals surface area contributed by atoms with Gasteiger partial charge in [-0.2, -0.15) is 5.26 Å². The molecule has 0 aliphatic heterocycles. The van der Waals surface area contributed by atoms with E-state index in [1.807, 2.05) is 30.5 Å². The highest BCUT2D eigenvalue weighted by Gasteiger charge is 2.10. The van der Waals surface area contributed by atoms with Gasteiger partial charge in [0.15, 0.2) is 0 Å². The summed E-state index contributed by atoms with van der Waals surface area (Å²) in [6.45, 7) is 0.733. The van der Waals surface area contributed by atoms with Gasteiger partial charge in [-0.3, -0.25) is 4.98 Å². The number of benzene rings is 1. The first-order valence-electron chi connectivity index (χ1n) is 5.86. The van der Waals surface area contributed by atoms with Crippen molar-refractivity contribution in [1.29, 1.82) is 5.26 Å². The van der Waals surface area contributed by atoms with E-state index in [0.717, 1.165) is 22.1 Å². The smallest absolute Gasteiger partial charge is 0.106 e. The van der Waals surface area contributed by atoms with Crippen molar-refractivity contribution >= 4 is 27.0 Å². The van der Waals surface area contributed by atoms with Gasteiger partial charge in [-0.25, -0.2) is 0 Å². The number of aromatic nitrogens is 2. The first-order valence-corrected chi connectivity index (χ1v) is 6.65. The highest BCUT2D eigenvalue weighted by atomic mass is 79.9. The van der Waals surface area contributed by atoms with Crippen LogP contribution in [0.4, 0.5) is 0 Å². The Balaban J connectivity index is 2.13. The molecule has 0 atom stereocenters. The summed E-state index contributed by atoms with van der Waals surface area (Å²) in [5, 5.41) is 9.17. The largest absolute Gasteiger partial charge is 0.340 e. The van der Waals surface area contributed by atoms with Crippen LogP contribution in [0.15, 0.2) is 53.3 Å². The van der Waals surface area contributed by atoms with Crippen LogP contribution in [0.3, 0.4) is 0 Å². The van der Waals surface area contributed by atoms with Crippen molar-refractivity contribution < 1.29 is 0 Å². The van der Waals surface area contributed by atoms with Crippen LogP contribution in [0.5, 0.6) is 0 Å². The normalized spacial score (nSPS) is 10.5. The molecular weight excluding hydrogens is 302 g/mol. The molecule has 2 aromatic heterocycles. The maximum absolute atomic E-state index is 9.17. The Bertz CT molecular complexity index is 769. The van der Waals surface area contributed by atoms with E-state index in [2.05, 4.69) is 43.7 Å². The Morgan fingerprint density at radius 1 is 1.26 bits per heavy atom. The lowest BCUT2D eigenvalue weighted by Gasteiger charge is -2.05. The zero-order chi connectivity index (χ0) is 13.2. The van der Waals surface area contributed by atoms with Crippen molar-refractivity contribution in [3.63, 3.8) is 0 Å². The van der Waals surface area contributed by atoms with Gasteiger partial charge in [0.1, 0.15) is 11.6 Å². The van der Waals surface area contributed by atoms with Crippen LogP contribution < -0.4 is 0 Å². The molecule has 2 heterocycles. The van der Waals surface area contributed by atoms with Gasteiger partial charge in [0.25, 0.3) is 0 Å². The molecule has 0 N–H and O–H groups in total.